The molecule has 2 aromatic heterocycles. The Morgan fingerprint density at radius 3 is 2.33 bits per heavy atom. The minimum absolute atomic E-state index is 0.0401. The van der Waals surface area contributed by atoms with E-state index >= 15 is 0 Å². The van der Waals surface area contributed by atoms with E-state index < -0.39 is 27.5 Å². The number of nitrogens with one attached hydrogen (secondary N) is 1. The van der Waals surface area contributed by atoms with Gasteiger partial charge in [0, 0.05) is 41.3 Å². The van der Waals surface area contributed by atoms with Gasteiger partial charge in [-0.2, -0.15) is 13.2 Å². The number of hydrogen-bond acceptors (Lipinski definition) is 5. The van der Waals surface area contributed by atoms with Crippen molar-refractivity contribution in [3.63, 3.8) is 0 Å². The monoisotopic (exact) mass is 458 g/mol. The molecule has 158 valence electrons. The molecule has 0 fully saturated rings. The molecule has 3 rings (SSSR count). The highest BCUT2D eigenvalue weighted by molar-refractivity contribution is 7.90. The van der Waals surface area contributed by atoms with Gasteiger partial charge in [0.25, 0.3) is 5.91 Å². The number of alkyl halides is 3. The van der Waals surface area contributed by atoms with Crippen molar-refractivity contribution in [1.29, 1.82) is 0 Å². The summed E-state index contributed by atoms with van der Waals surface area (Å²) >= 11 is 5.92. The molecule has 0 spiro atoms. The van der Waals surface area contributed by atoms with E-state index in [1.807, 2.05) is 0 Å². The number of aromatic nitrogens is 3. The number of aryl methyl sites for hydroxylation is 1. The molecule has 0 atom stereocenters. The van der Waals surface area contributed by atoms with Crippen molar-refractivity contribution < 1.29 is 26.4 Å². The lowest BCUT2D eigenvalue weighted by Gasteiger charge is -2.08. The zero-order valence-corrected chi connectivity index (χ0v) is 17.1. The van der Waals surface area contributed by atoms with E-state index in [1.165, 1.54) is 35.0 Å². The molecule has 12 heteroatoms. The number of hydrogen-bond donors (Lipinski definition) is 1. The number of anilines is 1. The number of sulfone groups is 1. The van der Waals surface area contributed by atoms with Gasteiger partial charge in [-0.1, -0.05) is 11.6 Å². The summed E-state index contributed by atoms with van der Waals surface area (Å²) in [4.78, 5) is 19.9. The molecule has 1 amide bonds. The fraction of sp³-hybridized carbons (Fsp3) is 0.167. The molecule has 7 nitrogen and oxygen atoms in total. The average molecular weight is 459 g/mol. The van der Waals surface area contributed by atoms with E-state index in [1.54, 1.807) is 6.92 Å². The van der Waals surface area contributed by atoms with E-state index in [9.17, 15) is 26.4 Å². The minimum Gasteiger partial charge on any atom is -0.322 e. The first kappa shape index (κ1) is 21.8. The van der Waals surface area contributed by atoms with Gasteiger partial charge in [-0.3, -0.25) is 9.36 Å². The summed E-state index contributed by atoms with van der Waals surface area (Å²) in [7, 11) is -3.54. The first-order chi connectivity index (χ1) is 13.8. The predicted molar refractivity (Wildman–Crippen MR) is 104 cm³/mol. The van der Waals surface area contributed by atoms with Crippen molar-refractivity contribution in [2.75, 3.05) is 11.6 Å². The third-order valence-corrected chi connectivity index (χ3v) is 5.32. The number of carbonyl (C=O) groups is 1. The van der Waals surface area contributed by atoms with Crippen LogP contribution in [-0.2, 0) is 16.0 Å². The van der Waals surface area contributed by atoms with E-state index in [0.717, 1.165) is 6.26 Å². The fourth-order valence-electron chi connectivity index (χ4n) is 2.56. The number of carbonyl (C=O) groups excluding carboxylic acids is 1. The first-order valence-corrected chi connectivity index (χ1v) is 10.5. The normalized spacial score (nSPS) is 12.1. The number of rotatable bonds is 4. The third-order valence-electron chi connectivity index (χ3n) is 4.01. The molecule has 3 aromatic rings. The highest BCUT2D eigenvalue weighted by Crippen LogP contribution is 2.28. The molecule has 2 heterocycles. The molecule has 0 radical (unpaired) electrons. The maximum absolute atomic E-state index is 12.7. The lowest BCUT2D eigenvalue weighted by atomic mass is 10.2. The predicted octanol–water partition coefficient (Wildman–Crippen LogP) is 3.90. The molecule has 0 unspecified atom stereocenters. The Morgan fingerprint density at radius 2 is 1.77 bits per heavy atom. The van der Waals surface area contributed by atoms with Gasteiger partial charge in [0.15, 0.2) is 9.84 Å². The van der Waals surface area contributed by atoms with Crippen LogP contribution in [0.1, 0.15) is 21.6 Å². The molecule has 1 aromatic carbocycles. The number of benzene rings is 1. The molecule has 0 aliphatic heterocycles. The van der Waals surface area contributed by atoms with Crippen LogP contribution < -0.4 is 5.32 Å². The van der Waals surface area contributed by atoms with Gasteiger partial charge < -0.3 is 5.32 Å². The number of nitrogens with zero attached hydrogens (tertiary/aromatic N) is 3. The molecule has 0 aliphatic rings. The van der Waals surface area contributed by atoms with Crippen LogP contribution in [0.15, 0.2) is 47.8 Å². The maximum Gasteiger partial charge on any atom is 0.419 e. The van der Waals surface area contributed by atoms with Crippen LogP contribution in [0.2, 0.25) is 5.02 Å². The Balaban J connectivity index is 1.87. The van der Waals surface area contributed by atoms with Crippen molar-refractivity contribution in [3.05, 3.63) is 64.7 Å². The zero-order valence-electron chi connectivity index (χ0n) is 15.5. The van der Waals surface area contributed by atoms with Crippen LogP contribution in [0.4, 0.5) is 18.9 Å². The second kappa shape index (κ2) is 7.73. The van der Waals surface area contributed by atoms with Crippen LogP contribution >= 0.6 is 11.6 Å². The van der Waals surface area contributed by atoms with Gasteiger partial charge >= 0.3 is 6.18 Å². The zero-order chi connectivity index (χ0) is 22.3. The van der Waals surface area contributed by atoms with Crippen molar-refractivity contribution in [1.82, 2.24) is 14.5 Å². The summed E-state index contributed by atoms with van der Waals surface area (Å²) in [6.07, 6.45) is -0.884. The largest absolute Gasteiger partial charge is 0.419 e. The maximum atomic E-state index is 12.7. The summed E-state index contributed by atoms with van der Waals surface area (Å²) in [5.74, 6) is -0.618. The summed E-state index contributed by atoms with van der Waals surface area (Å²) in [5, 5.41) is 2.67. The topological polar surface area (TPSA) is 94.0 Å². The average Bonchev–Trinajstić information content (AvgIpc) is 3.02. The number of halogens is 4. The fourth-order valence-corrected chi connectivity index (χ4v) is 3.54. The Morgan fingerprint density at radius 1 is 1.13 bits per heavy atom. The van der Waals surface area contributed by atoms with Gasteiger partial charge in [0.05, 0.1) is 16.0 Å². The summed E-state index contributed by atoms with van der Waals surface area (Å²) in [6.45, 7) is 1.62. The Labute approximate surface area is 174 Å². The highest BCUT2D eigenvalue weighted by atomic mass is 35.5. The summed E-state index contributed by atoms with van der Waals surface area (Å²) < 4.78 is 62.8. The van der Waals surface area contributed by atoms with Crippen LogP contribution in [0.3, 0.4) is 0 Å². The van der Waals surface area contributed by atoms with Crippen molar-refractivity contribution in [2.24, 2.45) is 0 Å². The van der Waals surface area contributed by atoms with Gasteiger partial charge in [0.2, 0.25) is 5.95 Å². The second-order valence-corrected chi connectivity index (χ2v) is 8.86. The van der Waals surface area contributed by atoms with E-state index in [0.29, 0.717) is 18.1 Å². The lowest BCUT2D eigenvalue weighted by Crippen LogP contribution is -2.12. The van der Waals surface area contributed by atoms with Gasteiger partial charge in [-0.15, -0.1) is 0 Å². The SMILES string of the molecule is Cc1cc(C(=O)Nc2cc(Cl)cc(S(C)(=O)=O)c2)cn1-c1ncc(C(F)(F)F)cn1. The van der Waals surface area contributed by atoms with Gasteiger partial charge in [-0.05, 0) is 31.2 Å². The summed E-state index contributed by atoms with van der Waals surface area (Å²) in [5.41, 5.74) is -0.152. The van der Waals surface area contributed by atoms with E-state index in [-0.39, 0.29) is 27.1 Å². The highest BCUT2D eigenvalue weighted by Gasteiger charge is 2.31. The Kier molecular flexibility index (Phi) is 5.61. The van der Waals surface area contributed by atoms with Crippen LogP contribution in [0, 0.1) is 6.92 Å². The molecular formula is C18H14ClF3N4O3S. The first-order valence-electron chi connectivity index (χ1n) is 8.25. The second-order valence-electron chi connectivity index (χ2n) is 6.41. The van der Waals surface area contributed by atoms with Gasteiger partial charge in [-0.25, -0.2) is 18.4 Å². The van der Waals surface area contributed by atoms with E-state index in [2.05, 4.69) is 15.3 Å². The Bertz CT molecular complexity index is 1220. The molecule has 0 saturated heterocycles. The summed E-state index contributed by atoms with van der Waals surface area (Å²) in [6, 6.07) is 5.40. The van der Waals surface area contributed by atoms with E-state index in [4.69, 9.17) is 11.6 Å². The molecule has 30 heavy (non-hydrogen) atoms. The molecule has 1 N–H and O–H groups in total. The van der Waals surface area contributed by atoms with Gasteiger partial charge in [0.1, 0.15) is 0 Å². The Hall–Kier alpha value is -2.92. The van der Waals surface area contributed by atoms with Crippen LogP contribution in [0.25, 0.3) is 5.95 Å². The molecular weight excluding hydrogens is 445 g/mol. The van der Waals surface area contributed by atoms with Crippen molar-refractivity contribution >= 4 is 33.0 Å². The number of amides is 1. The quantitative estimate of drug-likeness (QED) is 0.640. The van der Waals surface area contributed by atoms with Crippen molar-refractivity contribution in [3.8, 4) is 5.95 Å². The third kappa shape index (κ3) is 4.79. The standard InChI is InChI=1S/C18H14ClF3N4O3S/c1-10-3-11(9-26(10)17-23-7-12(8-24-17)18(20,21)22)16(27)25-14-4-13(19)5-15(6-14)30(2,28)29/h3-9H,1-2H3,(H,25,27). The minimum atomic E-state index is -4.56. The van der Waals surface area contributed by atoms with Crippen LogP contribution in [-0.4, -0.2) is 35.1 Å². The lowest BCUT2D eigenvalue weighted by molar-refractivity contribution is -0.138. The molecule has 0 aliphatic carbocycles. The molecule has 0 saturated carbocycles. The van der Waals surface area contributed by atoms with Crippen LogP contribution in [0.5, 0.6) is 0 Å². The molecule has 0 bridgehead atoms. The van der Waals surface area contributed by atoms with Crippen molar-refractivity contribution in [2.45, 2.75) is 18.0 Å². The smallest absolute Gasteiger partial charge is 0.322 e.